The summed E-state index contributed by atoms with van der Waals surface area (Å²) in [4.78, 5) is 11.8. The molecule has 0 saturated heterocycles. The van der Waals surface area contributed by atoms with Crippen molar-refractivity contribution in [3.05, 3.63) is 63.6 Å². The van der Waals surface area contributed by atoms with E-state index in [1.165, 1.54) is 0 Å². The lowest BCUT2D eigenvalue weighted by atomic mass is 10.0. The largest absolute Gasteiger partial charge is 0.370 e. The lowest BCUT2D eigenvalue weighted by molar-refractivity contribution is -0.118. The van der Waals surface area contributed by atoms with E-state index in [4.69, 9.17) is 28.9 Å². The second kappa shape index (κ2) is 6.16. The standard InChI is InChI=1S/C15H14Cl2N2O/c1-9-5-2-3-8-12(9)19-14(15(18)20)13-10(16)6-4-7-11(13)17/h2-8,14,19H,1H3,(H2,18,20). The minimum Gasteiger partial charge on any atom is -0.370 e. The number of aryl methyl sites for hydroxylation is 1. The molecule has 0 aliphatic carbocycles. The highest BCUT2D eigenvalue weighted by Gasteiger charge is 2.23. The van der Waals surface area contributed by atoms with Gasteiger partial charge in [-0.15, -0.1) is 0 Å². The molecule has 0 fully saturated rings. The van der Waals surface area contributed by atoms with Gasteiger partial charge in [-0.25, -0.2) is 0 Å². The molecule has 104 valence electrons. The predicted octanol–water partition coefficient (Wildman–Crippen LogP) is 3.94. The quantitative estimate of drug-likeness (QED) is 0.899. The lowest BCUT2D eigenvalue weighted by Crippen LogP contribution is -2.28. The van der Waals surface area contributed by atoms with Crippen molar-refractivity contribution in [3.63, 3.8) is 0 Å². The smallest absolute Gasteiger partial charge is 0.244 e. The van der Waals surface area contributed by atoms with Gasteiger partial charge in [-0.1, -0.05) is 47.5 Å². The highest BCUT2D eigenvalue weighted by molar-refractivity contribution is 6.36. The zero-order valence-corrected chi connectivity index (χ0v) is 12.4. The molecule has 0 aliphatic heterocycles. The van der Waals surface area contributed by atoms with Crippen molar-refractivity contribution >= 4 is 34.8 Å². The fourth-order valence-corrected chi connectivity index (χ4v) is 2.58. The Kier molecular flexibility index (Phi) is 4.53. The van der Waals surface area contributed by atoms with Crippen LogP contribution in [0.25, 0.3) is 0 Å². The molecule has 0 radical (unpaired) electrons. The second-order valence-electron chi connectivity index (χ2n) is 4.43. The Bertz CT molecular complexity index is 623. The topological polar surface area (TPSA) is 55.1 Å². The Labute approximate surface area is 127 Å². The van der Waals surface area contributed by atoms with Crippen LogP contribution in [0.2, 0.25) is 10.0 Å². The Morgan fingerprint density at radius 3 is 2.25 bits per heavy atom. The first-order valence-corrected chi connectivity index (χ1v) is 6.81. The molecular formula is C15H14Cl2N2O. The fourth-order valence-electron chi connectivity index (χ4n) is 1.96. The summed E-state index contributed by atoms with van der Waals surface area (Å²) in [6.45, 7) is 1.94. The van der Waals surface area contributed by atoms with Gasteiger partial charge in [-0.2, -0.15) is 0 Å². The number of rotatable bonds is 4. The van der Waals surface area contributed by atoms with E-state index < -0.39 is 11.9 Å². The van der Waals surface area contributed by atoms with Gasteiger partial charge in [0.25, 0.3) is 0 Å². The molecule has 0 heterocycles. The molecule has 1 atom stereocenters. The first-order valence-electron chi connectivity index (χ1n) is 6.06. The third kappa shape index (κ3) is 3.06. The van der Waals surface area contributed by atoms with Gasteiger partial charge in [0.1, 0.15) is 6.04 Å². The van der Waals surface area contributed by atoms with Gasteiger partial charge in [-0.3, -0.25) is 4.79 Å². The summed E-state index contributed by atoms with van der Waals surface area (Å²) in [6, 6.07) is 11.9. The molecule has 5 heteroatoms. The molecule has 2 aromatic rings. The first-order chi connectivity index (χ1) is 9.50. The van der Waals surface area contributed by atoms with Gasteiger partial charge in [0.05, 0.1) is 0 Å². The highest BCUT2D eigenvalue weighted by atomic mass is 35.5. The number of hydrogen-bond acceptors (Lipinski definition) is 2. The number of primary amides is 1. The molecule has 3 nitrogen and oxygen atoms in total. The van der Waals surface area contributed by atoms with Gasteiger partial charge in [-0.05, 0) is 30.7 Å². The van der Waals surface area contributed by atoms with E-state index in [1.807, 2.05) is 31.2 Å². The summed E-state index contributed by atoms with van der Waals surface area (Å²) < 4.78 is 0. The number of benzene rings is 2. The maximum atomic E-state index is 11.8. The fraction of sp³-hybridized carbons (Fsp3) is 0.133. The SMILES string of the molecule is Cc1ccccc1NC(C(N)=O)c1c(Cl)cccc1Cl. The molecule has 0 aliphatic rings. The monoisotopic (exact) mass is 308 g/mol. The van der Waals surface area contributed by atoms with Crippen LogP contribution in [0.1, 0.15) is 17.2 Å². The van der Waals surface area contributed by atoms with Crippen LogP contribution in [0.5, 0.6) is 0 Å². The molecule has 2 aromatic carbocycles. The average molecular weight is 309 g/mol. The molecule has 0 bridgehead atoms. The molecular weight excluding hydrogens is 295 g/mol. The van der Waals surface area contributed by atoms with Crippen LogP contribution >= 0.6 is 23.2 Å². The van der Waals surface area contributed by atoms with Crippen molar-refractivity contribution < 1.29 is 4.79 Å². The van der Waals surface area contributed by atoms with E-state index in [2.05, 4.69) is 5.32 Å². The maximum absolute atomic E-state index is 11.8. The van der Waals surface area contributed by atoms with E-state index >= 15 is 0 Å². The van der Waals surface area contributed by atoms with Gasteiger partial charge in [0.15, 0.2) is 0 Å². The van der Waals surface area contributed by atoms with Gasteiger partial charge < -0.3 is 11.1 Å². The first kappa shape index (κ1) is 14.7. The van der Waals surface area contributed by atoms with Gasteiger partial charge in [0.2, 0.25) is 5.91 Å². The Balaban J connectivity index is 2.43. The van der Waals surface area contributed by atoms with E-state index in [1.54, 1.807) is 18.2 Å². The van der Waals surface area contributed by atoms with E-state index in [9.17, 15) is 4.79 Å². The Morgan fingerprint density at radius 2 is 1.70 bits per heavy atom. The van der Waals surface area contributed by atoms with Gasteiger partial charge in [0, 0.05) is 21.3 Å². The number of nitrogens with one attached hydrogen (secondary N) is 1. The lowest BCUT2D eigenvalue weighted by Gasteiger charge is -2.20. The number of nitrogens with two attached hydrogens (primary N) is 1. The summed E-state index contributed by atoms with van der Waals surface area (Å²) in [5.74, 6) is -0.539. The van der Waals surface area contributed by atoms with E-state index in [0.717, 1.165) is 11.3 Å². The van der Waals surface area contributed by atoms with Crippen LogP contribution in [0.15, 0.2) is 42.5 Å². The molecule has 1 unspecified atom stereocenters. The molecule has 0 saturated carbocycles. The molecule has 3 N–H and O–H groups in total. The van der Waals surface area contributed by atoms with E-state index in [-0.39, 0.29) is 0 Å². The Hall–Kier alpha value is -1.71. The summed E-state index contributed by atoms with van der Waals surface area (Å²) in [7, 11) is 0. The van der Waals surface area contributed by atoms with Crippen LogP contribution in [0, 0.1) is 6.92 Å². The number of anilines is 1. The highest BCUT2D eigenvalue weighted by Crippen LogP contribution is 2.32. The van der Waals surface area contributed by atoms with Crippen LogP contribution in [0.3, 0.4) is 0 Å². The minimum absolute atomic E-state index is 0.405. The van der Waals surface area contributed by atoms with Crippen molar-refractivity contribution in [2.75, 3.05) is 5.32 Å². The summed E-state index contributed by atoms with van der Waals surface area (Å²) in [5, 5.41) is 3.91. The molecule has 20 heavy (non-hydrogen) atoms. The third-order valence-corrected chi connectivity index (χ3v) is 3.68. The number of carbonyl (C=O) groups is 1. The maximum Gasteiger partial charge on any atom is 0.244 e. The normalized spacial score (nSPS) is 11.9. The third-order valence-electron chi connectivity index (χ3n) is 3.02. The van der Waals surface area contributed by atoms with Crippen LogP contribution in [-0.2, 0) is 4.79 Å². The van der Waals surface area contributed by atoms with E-state index in [0.29, 0.717) is 15.6 Å². The molecule has 2 rings (SSSR count). The molecule has 1 amide bonds. The van der Waals surface area contributed by atoms with Crippen molar-refractivity contribution in [3.8, 4) is 0 Å². The zero-order chi connectivity index (χ0) is 14.7. The van der Waals surface area contributed by atoms with Crippen LogP contribution < -0.4 is 11.1 Å². The molecule has 0 spiro atoms. The number of hydrogen-bond donors (Lipinski definition) is 2. The number of carbonyl (C=O) groups excluding carboxylic acids is 1. The van der Waals surface area contributed by atoms with Crippen molar-refractivity contribution in [2.45, 2.75) is 13.0 Å². The Morgan fingerprint density at radius 1 is 1.10 bits per heavy atom. The zero-order valence-electron chi connectivity index (χ0n) is 10.9. The predicted molar refractivity (Wildman–Crippen MR) is 83.2 cm³/mol. The summed E-state index contributed by atoms with van der Waals surface area (Å²) >= 11 is 12.3. The van der Waals surface area contributed by atoms with Crippen molar-refractivity contribution in [2.24, 2.45) is 5.73 Å². The van der Waals surface area contributed by atoms with Crippen LogP contribution in [-0.4, -0.2) is 5.91 Å². The number of amides is 1. The average Bonchev–Trinajstić information content (AvgIpc) is 2.39. The van der Waals surface area contributed by atoms with Crippen molar-refractivity contribution in [1.82, 2.24) is 0 Å². The summed E-state index contributed by atoms with van der Waals surface area (Å²) in [6.07, 6.45) is 0. The second-order valence-corrected chi connectivity index (χ2v) is 5.24. The summed E-state index contributed by atoms with van der Waals surface area (Å²) in [5.41, 5.74) is 7.79. The van der Waals surface area contributed by atoms with Crippen LogP contribution in [0.4, 0.5) is 5.69 Å². The van der Waals surface area contributed by atoms with Gasteiger partial charge >= 0.3 is 0 Å². The molecule has 0 aromatic heterocycles. The van der Waals surface area contributed by atoms with Crippen molar-refractivity contribution in [1.29, 1.82) is 0 Å². The minimum atomic E-state index is -0.780. The number of halogens is 2. The number of para-hydroxylation sites is 1.